The normalized spacial score (nSPS) is 25.9. The van der Waals surface area contributed by atoms with Crippen LogP contribution in [-0.4, -0.2) is 64.7 Å². The molecular formula is C20H30N6O2. The van der Waals surface area contributed by atoms with Crippen LogP contribution in [-0.2, 0) is 28.0 Å². The second kappa shape index (κ2) is 7.67. The van der Waals surface area contributed by atoms with E-state index in [2.05, 4.69) is 26.5 Å². The minimum atomic E-state index is -0.0908. The molecule has 0 aliphatic heterocycles. The van der Waals surface area contributed by atoms with E-state index in [1.807, 2.05) is 41.9 Å². The van der Waals surface area contributed by atoms with E-state index in [4.69, 9.17) is 4.74 Å². The SMILES string of the molecule is COCCn1nccc1C12CCC(C1)C2C(=O)Nc1ccn(CCN(C)C)n1. The first-order chi connectivity index (χ1) is 13.5. The largest absolute Gasteiger partial charge is 0.383 e. The van der Waals surface area contributed by atoms with Gasteiger partial charge in [-0.1, -0.05) is 0 Å². The van der Waals surface area contributed by atoms with Crippen LogP contribution in [0.25, 0.3) is 0 Å². The fraction of sp³-hybridized carbons (Fsp3) is 0.650. The summed E-state index contributed by atoms with van der Waals surface area (Å²) >= 11 is 0. The fourth-order valence-electron chi connectivity index (χ4n) is 5.00. The molecule has 2 aromatic heterocycles. The number of nitrogens with one attached hydrogen (secondary N) is 1. The lowest BCUT2D eigenvalue weighted by molar-refractivity contribution is -0.127. The molecule has 3 saturated carbocycles. The number of hydrogen-bond acceptors (Lipinski definition) is 5. The maximum absolute atomic E-state index is 13.1. The van der Waals surface area contributed by atoms with Crippen molar-refractivity contribution in [2.75, 3.05) is 39.7 Å². The van der Waals surface area contributed by atoms with E-state index in [1.165, 1.54) is 5.69 Å². The molecule has 5 rings (SSSR count). The summed E-state index contributed by atoms with van der Waals surface area (Å²) < 4.78 is 9.11. The number of carbonyl (C=O) groups is 1. The van der Waals surface area contributed by atoms with Crippen LogP contribution in [0.3, 0.4) is 0 Å². The number of anilines is 1. The molecule has 1 amide bonds. The molecule has 0 aromatic carbocycles. The number of rotatable bonds is 9. The zero-order valence-corrected chi connectivity index (χ0v) is 17.0. The molecular weight excluding hydrogens is 356 g/mol. The molecule has 8 nitrogen and oxygen atoms in total. The van der Waals surface area contributed by atoms with Gasteiger partial charge in [-0.2, -0.15) is 10.2 Å². The Kier molecular flexibility index (Phi) is 5.25. The van der Waals surface area contributed by atoms with Gasteiger partial charge in [-0.3, -0.25) is 14.2 Å². The Hall–Kier alpha value is -2.19. The molecule has 8 heteroatoms. The molecule has 0 radical (unpaired) electrons. The molecule has 2 bridgehead atoms. The summed E-state index contributed by atoms with van der Waals surface area (Å²) in [4.78, 5) is 15.2. The average Bonchev–Trinajstić information content (AvgIpc) is 3.40. The van der Waals surface area contributed by atoms with Crippen molar-refractivity contribution in [2.24, 2.45) is 11.8 Å². The summed E-state index contributed by atoms with van der Waals surface area (Å²) in [6.07, 6.45) is 6.98. The summed E-state index contributed by atoms with van der Waals surface area (Å²) in [6.45, 7) is 3.05. The van der Waals surface area contributed by atoms with Crippen molar-refractivity contribution in [3.63, 3.8) is 0 Å². The molecule has 2 heterocycles. The third kappa shape index (κ3) is 3.35. The van der Waals surface area contributed by atoms with Crippen molar-refractivity contribution < 1.29 is 9.53 Å². The van der Waals surface area contributed by atoms with Crippen molar-refractivity contribution in [2.45, 2.75) is 37.8 Å². The van der Waals surface area contributed by atoms with Gasteiger partial charge in [-0.25, -0.2) is 0 Å². The van der Waals surface area contributed by atoms with Gasteiger partial charge in [0.25, 0.3) is 0 Å². The molecule has 2 aromatic rings. The van der Waals surface area contributed by atoms with Gasteiger partial charge in [0.05, 0.1) is 25.6 Å². The number of aromatic nitrogens is 4. The fourth-order valence-corrected chi connectivity index (χ4v) is 5.00. The molecule has 0 spiro atoms. The van der Waals surface area contributed by atoms with E-state index in [9.17, 15) is 4.79 Å². The molecule has 0 saturated heterocycles. The van der Waals surface area contributed by atoms with Gasteiger partial charge in [0.15, 0.2) is 5.82 Å². The second-order valence-electron chi connectivity index (χ2n) is 8.33. The first-order valence-electron chi connectivity index (χ1n) is 10.0. The van der Waals surface area contributed by atoms with Crippen molar-refractivity contribution in [3.8, 4) is 0 Å². The predicted octanol–water partition coefficient (Wildman–Crippen LogP) is 1.59. The Labute approximate surface area is 165 Å². The molecule has 28 heavy (non-hydrogen) atoms. The van der Waals surface area contributed by atoms with Gasteiger partial charge in [-0.15, -0.1) is 0 Å². The molecule has 3 unspecified atom stereocenters. The first-order valence-corrected chi connectivity index (χ1v) is 10.0. The van der Waals surface area contributed by atoms with E-state index >= 15 is 0 Å². The quantitative estimate of drug-likeness (QED) is 0.708. The van der Waals surface area contributed by atoms with Gasteiger partial charge >= 0.3 is 0 Å². The topological polar surface area (TPSA) is 77.2 Å². The van der Waals surface area contributed by atoms with Crippen LogP contribution in [0.5, 0.6) is 0 Å². The number of methoxy groups -OCH3 is 1. The molecule has 3 atom stereocenters. The first kappa shape index (κ1) is 19.1. The van der Waals surface area contributed by atoms with Crippen LogP contribution in [0, 0.1) is 11.8 Å². The van der Waals surface area contributed by atoms with E-state index in [-0.39, 0.29) is 17.2 Å². The van der Waals surface area contributed by atoms with Gasteiger partial charge in [-0.05, 0) is 45.3 Å². The zero-order chi connectivity index (χ0) is 19.7. The van der Waals surface area contributed by atoms with Crippen molar-refractivity contribution >= 4 is 11.7 Å². The summed E-state index contributed by atoms with van der Waals surface area (Å²) in [6, 6.07) is 3.96. The average molecular weight is 387 g/mol. The summed E-state index contributed by atoms with van der Waals surface area (Å²) in [5.41, 5.74) is 1.09. The number of fused-ring (bicyclic) bond motifs is 1. The Morgan fingerprint density at radius 3 is 3.00 bits per heavy atom. The van der Waals surface area contributed by atoms with Crippen LogP contribution in [0.4, 0.5) is 5.82 Å². The van der Waals surface area contributed by atoms with Crippen LogP contribution >= 0.6 is 0 Å². The van der Waals surface area contributed by atoms with Crippen molar-refractivity contribution in [1.82, 2.24) is 24.5 Å². The number of nitrogens with zero attached hydrogens (tertiary/aromatic N) is 5. The van der Waals surface area contributed by atoms with E-state index in [1.54, 1.807) is 7.11 Å². The standard InChI is InChI=1S/C20H30N6O2/c1-24(2)10-11-25-9-6-17(23-25)22-19(27)18-15-4-7-20(18,14-15)16-5-8-21-26(16)12-13-28-3/h5-6,8-9,15,18H,4,7,10-14H2,1-3H3,(H,22,23,27). The van der Waals surface area contributed by atoms with Crippen LogP contribution < -0.4 is 5.32 Å². The van der Waals surface area contributed by atoms with Gasteiger partial charge in [0, 0.05) is 43.2 Å². The second-order valence-corrected chi connectivity index (χ2v) is 8.33. The van der Waals surface area contributed by atoms with Crippen molar-refractivity contribution in [3.05, 3.63) is 30.2 Å². The number of carbonyl (C=O) groups excluding carboxylic acids is 1. The van der Waals surface area contributed by atoms with Crippen LogP contribution in [0.15, 0.2) is 24.5 Å². The highest BCUT2D eigenvalue weighted by Gasteiger charge is 2.63. The summed E-state index contributed by atoms with van der Waals surface area (Å²) in [5.74, 6) is 1.18. The van der Waals surface area contributed by atoms with Gasteiger partial charge < -0.3 is 15.0 Å². The maximum atomic E-state index is 13.1. The lowest BCUT2D eigenvalue weighted by atomic mass is 9.58. The summed E-state index contributed by atoms with van der Waals surface area (Å²) in [7, 11) is 5.77. The minimum Gasteiger partial charge on any atom is -0.383 e. The predicted molar refractivity (Wildman–Crippen MR) is 106 cm³/mol. The van der Waals surface area contributed by atoms with Crippen LogP contribution in [0.2, 0.25) is 0 Å². The van der Waals surface area contributed by atoms with Gasteiger partial charge in [0.1, 0.15) is 0 Å². The smallest absolute Gasteiger partial charge is 0.229 e. The highest BCUT2D eigenvalue weighted by molar-refractivity contribution is 5.94. The van der Waals surface area contributed by atoms with E-state index in [0.717, 1.165) is 38.9 Å². The highest BCUT2D eigenvalue weighted by Crippen LogP contribution is 2.64. The molecule has 152 valence electrons. The number of likely N-dealkylation sites (N-methyl/N-ethyl adjacent to an activating group) is 1. The number of amides is 1. The number of hydrogen-bond donors (Lipinski definition) is 1. The number of ether oxygens (including phenoxy) is 1. The zero-order valence-electron chi connectivity index (χ0n) is 17.0. The lowest BCUT2D eigenvalue weighted by Gasteiger charge is -2.46. The Bertz CT molecular complexity index is 824. The minimum absolute atomic E-state index is 0.00239. The third-order valence-corrected chi connectivity index (χ3v) is 6.34. The monoisotopic (exact) mass is 386 g/mol. The van der Waals surface area contributed by atoms with E-state index < -0.39 is 0 Å². The molecule has 3 fully saturated rings. The summed E-state index contributed by atoms with van der Waals surface area (Å²) in [5, 5.41) is 12.0. The lowest BCUT2D eigenvalue weighted by Crippen LogP contribution is -2.51. The van der Waals surface area contributed by atoms with Gasteiger partial charge in [0.2, 0.25) is 5.91 Å². The van der Waals surface area contributed by atoms with Crippen molar-refractivity contribution in [1.29, 1.82) is 0 Å². The molecule has 3 aliphatic carbocycles. The highest BCUT2D eigenvalue weighted by atomic mass is 16.5. The Morgan fingerprint density at radius 1 is 1.39 bits per heavy atom. The third-order valence-electron chi connectivity index (χ3n) is 6.34. The molecule has 1 N–H and O–H groups in total. The van der Waals surface area contributed by atoms with E-state index in [0.29, 0.717) is 18.3 Å². The molecule has 3 aliphatic rings. The Balaban J connectivity index is 1.46. The Morgan fingerprint density at radius 2 is 2.25 bits per heavy atom. The van der Waals surface area contributed by atoms with Crippen LogP contribution in [0.1, 0.15) is 25.0 Å². The maximum Gasteiger partial charge on any atom is 0.229 e.